The maximum Gasteiger partial charge on any atom is 0.151 e. The number of benzene rings is 2. The van der Waals surface area contributed by atoms with E-state index in [1.807, 2.05) is 24.5 Å². The Labute approximate surface area is 134 Å². The molecule has 22 heavy (non-hydrogen) atoms. The molecule has 0 aliphatic heterocycles. The van der Waals surface area contributed by atoms with Crippen LogP contribution in [0.5, 0.6) is 0 Å². The fraction of sp³-hybridized carbons (Fsp3) is 0.133. The molecule has 0 unspecified atom stereocenters. The van der Waals surface area contributed by atoms with Crippen LogP contribution >= 0.6 is 23.1 Å². The molecule has 2 aromatic carbocycles. The first-order valence-electron chi connectivity index (χ1n) is 6.48. The number of nitrogens with one attached hydrogen (secondary N) is 1. The van der Waals surface area contributed by atoms with Crippen molar-refractivity contribution < 1.29 is 8.78 Å². The number of nitrogens with two attached hydrogens (primary N) is 1. The second-order valence-corrected chi connectivity index (χ2v) is 6.78. The lowest BCUT2D eigenvalue weighted by Gasteiger charge is -2.10. The van der Waals surface area contributed by atoms with Gasteiger partial charge in [-0.15, -0.1) is 11.3 Å². The standard InChI is InChI=1S/C15H13F2N3S2/c1-21-15-20-12-3-2-8(4-13(12)22-15)7-19-14-10(17)5-9(16)6-11(14)18/h2-6,19H,7,18H2,1H3. The van der Waals surface area contributed by atoms with Gasteiger partial charge < -0.3 is 11.1 Å². The van der Waals surface area contributed by atoms with Crippen LogP contribution in [0.1, 0.15) is 5.56 Å². The van der Waals surface area contributed by atoms with E-state index in [2.05, 4.69) is 10.3 Å². The SMILES string of the molecule is CSc1nc2ccc(CNc3c(N)cc(F)cc3F)cc2s1. The Morgan fingerprint density at radius 3 is 2.82 bits per heavy atom. The lowest BCUT2D eigenvalue weighted by Crippen LogP contribution is -2.05. The molecule has 1 aromatic heterocycles. The predicted octanol–water partition coefficient (Wildman–Crippen LogP) is 4.49. The fourth-order valence-electron chi connectivity index (χ4n) is 2.12. The highest BCUT2D eigenvalue weighted by Gasteiger charge is 2.09. The van der Waals surface area contributed by atoms with Gasteiger partial charge in [0.2, 0.25) is 0 Å². The molecule has 1 heterocycles. The van der Waals surface area contributed by atoms with Crippen LogP contribution in [0.15, 0.2) is 34.7 Å². The summed E-state index contributed by atoms with van der Waals surface area (Å²) in [6.07, 6.45) is 1.99. The molecule has 0 amide bonds. The van der Waals surface area contributed by atoms with Gasteiger partial charge >= 0.3 is 0 Å². The second-order valence-electron chi connectivity index (χ2n) is 4.69. The van der Waals surface area contributed by atoms with E-state index in [1.165, 1.54) is 0 Å². The molecule has 0 saturated carbocycles. The number of aromatic nitrogens is 1. The number of nitrogens with zero attached hydrogens (tertiary/aromatic N) is 1. The van der Waals surface area contributed by atoms with Crippen LogP contribution < -0.4 is 11.1 Å². The minimum absolute atomic E-state index is 0.0565. The van der Waals surface area contributed by atoms with Crippen molar-refractivity contribution >= 4 is 44.7 Å². The lowest BCUT2D eigenvalue weighted by atomic mass is 10.2. The number of hydrogen-bond donors (Lipinski definition) is 2. The predicted molar refractivity (Wildman–Crippen MR) is 89.5 cm³/mol. The lowest BCUT2D eigenvalue weighted by molar-refractivity contribution is 0.586. The van der Waals surface area contributed by atoms with E-state index < -0.39 is 11.6 Å². The molecule has 7 heteroatoms. The average molecular weight is 337 g/mol. The smallest absolute Gasteiger partial charge is 0.151 e. The molecular formula is C15H13F2N3S2. The topological polar surface area (TPSA) is 50.9 Å². The first kappa shape index (κ1) is 15.1. The monoisotopic (exact) mass is 337 g/mol. The van der Waals surface area contributed by atoms with Crippen LogP contribution in [0.2, 0.25) is 0 Å². The average Bonchev–Trinajstić information content (AvgIpc) is 2.88. The molecule has 0 atom stereocenters. The minimum atomic E-state index is -0.693. The zero-order valence-electron chi connectivity index (χ0n) is 11.7. The maximum atomic E-state index is 13.7. The number of nitrogen functional groups attached to an aromatic ring is 1. The Balaban J connectivity index is 1.82. The number of halogens is 2. The van der Waals surface area contributed by atoms with Crippen LogP contribution in [-0.2, 0) is 6.54 Å². The molecule has 0 spiro atoms. The molecule has 0 bridgehead atoms. The summed E-state index contributed by atoms with van der Waals surface area (Å²) in [7, 11) is 0. The minimum Gasteiger partial charge on any atom is -0.397 e. The summed E-state index contributed by atoms with van der Waals surface area (Å²) < 4.78 is 28.8. The molecule has 114 valence electrons. The van der Waals surface area contributed by atoms with Gasteiger partial charge in [-0.1, -0.05) is 17.8 Å². The molecule has 0 saturated heterocycles. The van der Waals surface area contributed by atoms with E-state index in [-0.39, 0.29) is 11.4 Å². The first-order chi connectivity index (χ1) is 10.6. The van der Waals surface area contributed by atoms with Gasteiger partial charge in [-0.05, 0) is 30.0 Å². The van der Waals surface area contributed by atoms with Crippen molar-refractivity contribution in [1.82, 2.24) is 4.98 Å². The van der Waals surface area contributed by atoms with Gasteiger partial charge in [0.05, 0.1) is 21.6 Å². The van der Waals surface area contributed by atoms with Crippen molar-refractivity contribution in [1.29, 1.82) is 0 Å². The van der Waals surface area contributed by atoms with Gasteiger partial charge in [0.15, 0.2) is 10.2 Å². The van der Waals surface area contributed by atoms with E-state index >= 15 is 0 Å². The summed E-state index contributed by atoms with van der Waals surface area (Å²) in [6.45, 7) is 0.398. The van der Waals surface area contributed by atoms with Crippen LogP contribution in [0.4, 0.5) is 20.2 Å². The van der Waals surface area contributed by atoms with Crippen molar-refractivity contribution in [3.63, 3.8) is 0 Å². The van der Waals surface area contributed by atoms with Crippen LogP contribution in [0, 0.1) is 11.6 Å². The van der Waals surface area contributed by atoms with E-state index in [1.54, 1.807) is 23.1 Å². The van der Waals surface area contributed by atoms with Crippen LogP contribution in [-0.4, -0.2) is 11.2 Å². The summed E-state index contributed by atoms with van der Waals surface area (Å²) in [6, 6.07) is 7.79. The highest BCUT2D eigenvalue weighted by atomic mass is 32.2. The van der Waals surface area contributed by atoms with Gasteiger partial charge in [-0.25, -0.2) is 13.8 Å². The fourth-order valence-corrected chi connectivity index (χ4v) is 3.67. The molecule has 0 radical (unpaired) electrons. The number of thioether (sulfide) groups is 1. The Hall–Kier alpha value is -1.86. The van der Waals surface area contributed by atoms with E-state index in [0.717, 1.165) is 32.3 Å². The van der Waals surface area contributed by atoms with E-state index in [9.17, 15) is 8.78 Å². The summed E-state index contributed by atoms with van der Waals surface area (Å²) in [4.78, 5) is 4.47. The van der Waals surface area contributed by atoms with Crippen molar-refractivity contribution in [3.05, 3.63) is 47.5 Å². The Morgan fingerprint density at radius 1 is 1.27 bits per heavy atom. The number of thiazole rings is 1. The van der Waals surface area contributed by atoms with Crippen molar-refractivity contribution in [2.45, 2.75) is 10.9 Å². The summed E-state index contributed by atoms with van der Waals surface area (Å²) in [5.41, 5.74) is 7.75. The number of rotatable bonds is 4. The quantitative estimate of drug-likeness (QED) is 0.544. The molecule has 0 aliphatic carbocycles. The Bertz CT molecular complexity index is 810. The summed E-state index contributed by atoms with van der Waals surface area (Å²) in [5, 5.41) is 2.92. The van der Waals surface area contributed by atoms with E-state index in [0.29, 0.717) is 6.54 Å². The first-order valence-corrected chi connectivity index (χ1v) is 8.53. The van der Waals surface area contributed by atoms with Gasteiger partial charge in [-0.2, -0.15) is 0 Å². The van der Waals surface area contributed by atoms with Crippen molar-refractivity contribution in [3.8, 4) is 0 Å². The maximum absolute atomic E-state index is 13.7. The zero-order chi connectivity index (χ0) is 15.7. The van der Waals surface area contributed by atoms with Gasteiger partial charge in [0, 0.05) is 12.6 Å². The van der Waals surface area contributed by atoms with Crippen LogP contribution in [0.3, 0.4) is 0 Å². The third-order valence-electron chi connectivity index (χ3n) is 3.16. The summed E-state index contributed by atoms with van der Waals surface area (Å²) in [5.74, 6) is -1.38. The molecule has 3 rings (SSSR count). The second kappa shape index (κ2) is 6.10. The van der Waals surface area contributed by atoms with E-state index in [4.69, 9.17) is 5.73 Å². The van der Waals surface area contributed by atoms with Gasteiger partial charge in [0.1, 0.15) is 5.82 Å². The van der Waals surface area contributed by atoms with Gasteiger partial charge in [0.25, 0.3) is 0 Å². The third kappa shape index (κ3) is 3.00. The number of anilines is 2. The summed E-state index contributed by atoms with van der Waals surface area (Å²) >= 11 is 3.22. The molecule has 3 N–H and O–H groups in total. The number of fused-ring (bicyclic) bond motifs is 1. The van der Waals surface area contributed by atoms with Crippen molar-refractivity contribution in [2.75, 3.05) is 17.3 Å². The third-order valence-corrected chi connectivity index (χ3v) is 5.17. The molecule has 3 nitrogen and oxygen atoms in total. The number of hydrogen-bond acceptors (Lipinski definition) is 5. The Morgan fingerprint density at radius 2 is 2.09 bits per heavy atom. The molecule has 3 aromatic rings. The highest BCUT2D eigenvalue weighted by molar-refractivity contribution is 8.00. The van der Waals surface area contributed by atoms with Crippen molar-refractivity contribution in [2.24, 2.45) is 0 Å². The highest BCUT2D eigenvalue weighted by Crippen LogP contribution is 2.29. The Kier molecular flexibility index (Phi) is 4.17. The molecule has 0 fully saturated rings. The van der Waals surface area contributed by atoms with Crippen LogP contribution in [0.25, 0.3) is 10.2 Å². The largest absolute Gasteiger partial charge is 0.397 e. The molecule has 0 aliphatic rings. The van der Waals surface area contributed by atoms with Gasteiger partial charge in [-0.3, -0.25) is 0 Å². The molecular weight excluding hydrogens is 324 g/mol. The normalized spacial score (nSPS) is 11.0. The zero-order valence-corrected chi connectivity index (χ0v) is 13.3.